The Morgan fingerprint density at radius 3 is 2.97 bits per heavy atom. The molecule has 1 fully saturated rings. The number of ether oxygens (including phenoxy) is 1. The maximum atomic E-state index is 12.3. The van der Waals surface area contributed by atoms with Gasteiger partial charge in [-0.15, -0.1) is 10.2 Å². The van der Waals surface area contributed by atoms with Gasteiger partial charge in [-0.1, -0.05) is 22.9 Å². The van der Waals surface area contributed by atoms with Crippen LogP contribution in [0.25, 0.3) is 21.5 Å². The van der Waals surface area contributed by atoms with E-state index in [1.54, 1.807) is 18.5 Å². The summed E-state index contributed by atoms with van der Waals surface area (Å²) in [6.07, 6.45) is 4.37. The van der Waals surface area contributed by atoms with Crippen molar-refractivity contribution in [2.45, 2.75) is 18.9 Å². The number of fused-ring (bicyclic) bond motifs is 1. The van der Waals surface area contributed by atoms with Crippen LogP contribution in [0.4, 0.5) is 21.4 Å². The molecule has 1 amide bonds. The number of hydrogen-bond acceptors (Lipinski definition) is 9. The van der Waals surface area contributed by atoms with Crippen LogP contribution >= 0.6 is 22.9 Å². The summed E-state index contributed by atoms with van der Waals surface area (Å²) in [5.41, 5.74) is 2.35. The monoisotopic (exact) mass is 484 g/mol. The average Bonchev–Trinajstić information content (AvgIpc) is 3.48. The van der Waals surface area contributed by atoms with Crippen molar-refractivity contribution in [3.05, 3.63) is 41.7 Å². The Kier molecular flexibility index (Phi) is 6.07. The molecule has 3 N–H and O–H groups in total. The van der Waals surface area contributed by atoms with Crippen LogP contribution in [-0.2, 0) is 4.74 Å². The lowest BCUT2D eigenvalue weighted by Gasteiger charge is -2.28. The summed E-state index contributed by atoms with van der Waals surface area (Å²) in [4.78, 5) is 18.7. The maximum absolute atomic E-state index is 12.3. The van der Waals surface area contributed by atoms with Gasteiger partial charge in [0.15, 0.2) is 0 Å². The highest BCUT2D eigenvalue weighted by atomic mass is 35.5. The van der Waals surface area contributed by atoms with E-state index >= 15 is 0 Å². The topological polar surface area (TPSA) is 121 Å². The fraction of sp³-hybridized carbons (Fsp3) is 0.286. The minimum atomic E-state index is -0.502. The molecule has 3 aromatic heterocycles. The van der Waals surface area contributed by atoms with Crippen LogP contribution in [0.15, 0.2) is 36.7 Å². The summed E-state index contributed by atoms with van der Waals surface area (Å²) in [6, 6.07) is 7.30. The van der Waals surface area contributed by atoms with Gasteiger partial charge in [-0.25, -0.2) is 9.78 Å². The standard InChI is InChI=1S/C21H21ClN8O2S/c1-30-8-5-13(6-9-30)32-21(31)26-17-10-12(4-7-23-17)19-28-29-20(33-19)25-16-3-2-15-14(18(16)22)11-24-27-15/h2-4,7,10-11,13H,5-6,8-9H2,1H3,(H,24,27)(H,25,29)(H,23,26,31). The summed E-state index contributed by atoms with van der Waals surface area (Å²) < 4.78 is 5.52. The smallest absolute Gasteiger partial charge is 0.413 e. The van der Waals surface area contributed by atoms with Crippen molar-refractivity contribution >= 4 is 56.6 Å². The van der Waals surface area contributed by atoms with E-state index < -0.39 is 6.09 Å². The number of rotatable bonds is 5. The van der Waals surface area contributed by atoms with Gasteiger partial charge in [0.2, 0.25) is 5.13 Å². The minimum Gasteiger partial charge on any atom is -0.446 e. The zero-order valence-electron chi connectivity index (χ0n) is 17.7. The van der Waals surface area contributed by atoms with E-state index in [1.165, 1.54) is 11.3 Å². The molecule has 4 aromatic rings. The second-order valence-corrected chi connectivity index (χ2v) is 9.11. The van der Waals surface area contributed by atoms with Gasteiger partial charge in [-0.3, -0.25) is 10.4 Å². The second-order valence-electron chi connectivity index (χ2n) is 7.76. The van der Waals surface area contributed by atoms with Crippen LogP contribution in [0, 0.1) is 0 Å². The number of pyridine rings is 1. The van der Waals surface area contributed by atoms with Gasteiger partial charge in [-0.2, -0.15) is 5.10 Å². The van der Waals surface area contributed by atoms with Crippen molar-refractivity contribution in [3.8, 4) is 10.6 Å². The number of benzene rings is 1. The molecule has 0 unspecified atom stereocenters. The molecular weight excluding hydrogens is 464 g/mol. The molecule has 170 valence electrons. The molecule has 0 spiro atoms. The molecule has 5 rings (SSSR count). The number of amides is 1. The zero-order valence-corrected chi connectivity index (χ0v) is 19.3. The fourth-order valence-electron chi connectivity index (χ4n) is 3.61. The number of anilines is 3. The summed E-state index contributed by atoms with van der Waals surface area (Å²) in [6.45, 7) is 1.83. The molecule has 12 heteroatoms. The number of H-pyrrole nitrogens is 1. The molecule has 1 aliphatic heterocycles. The highest BCUT2D eigenvalue weighted by Gasteiger charge is 2.20. The van der Waals surface area contributed by atoms with Crippen LogP contribution in [0.1, 0.15) is 12.8 Å². The highest BCUT2D eigenvalue weighted by Crippen LogP contribution is 2.34. The summed E-state index contributed by atoms with van der Waals surface area (Å²) in [7, 11) is 2.06. The average molecular weight is 485 g/mol. The first-order valence-electron chi connectivity index (χ1n) is 10.4. The van der Waals surface area contributed by atoms with Crippen LogP contribution < -0.4 is 10.6 Å². The molecule has 0 radical (unpaired) electrons. The Morgan fingerprint density at radius 2 is 2.12 bits per heavy atom. The van der Waals surface area contributed by atoms with E-state index in [2.05, 4.69) is 48.0 Å². The van der Waals surface area contributed by atoms with Crippen molar-refractivity contribution in [2.24, 2.45) is 0 Å². The number of aromatic amines is 1. The van der Waals surface area contributed by atoms with Crippen LogP contribution in [0.5, 0.6) is 0 Å². The molecule has 1 aromatic carbocycles. The third kappa shape index (κ3) is 4.90. The lowest BCUT2D eigenvalue weighted by atomic mass is 10.1. The summed E-state index contributed by atoms with van der Waals surface area (Å²) >= 11 is 7.84. The first kappa shape index (κ1) is 21.6. The van der Waals surface area contributed by atoms with Crippen molar-refractivity contribution in [2.75, 3.05) is 30.8 Å². The van der Waals surface area contributed by atoms with E-state index in [-0.39, 0.29) is 6.10 Å². The molecule has 0 bridgehead atoms. The van der Waals surface area contributed by atoms with Crippen molar-refractivity contribution in [1.29, 1.82) is 0 Å². The van der Waals surface area contributed by atoms with Crippen LogP contribution in [-0.4, -0.2) is 62.6 Å². The van der Waals surface area contributed by atoms with Gasteiger partial charge < -0.3 is 15.0 Å². The van der Waals surface area contributed by atoms with Gasteiger partial charge >= 0.3 is 6.09 Å². The summed E-state index contributed by atoms with van der Waals surface area (Å²) in [5.74, 6) is 0.392. The van der Waals surface area contributed by atoms with E-state index in [1.807, 2.05) is 18.2 Å². The fourth-order valence-corrected chi connectivity index (χ4v) is 4.62. The Hall–Kier alpha value is -3.28. The van der Waals surface area contributed by atoms with Crippen molar-refractivity contribution in [3.63, 3.8) is 0 Å². The third-order valence-corrected chi connectivity index (χ3v) is 6.70. The van der Waals surface area contributed by atoms with Gasteiger partial charge in [0.25, 0.3) is 0 Å². The van der Waals surface area contributed by atoms with E-state index in [0.717, 1.165) is 42.4 Å². The number of halogens is 1. The van der Waals surface area contributed by atoms with Crippen LogP contribution in [0.2, 0.25) is 5.02 Å². The van der Waals surface area contributed by atoms with Gasteiger partial charge in [0.05, 0.1) is 22.4 Å². The molecule has 10 nitrogen and oxygen atoms in total. The lowest BCUT2D eigenvalue weighted by Crippen LogP contribution is -2.36. The molecule has 1 saturated heterocycles. The molecule has 33 heavy (non-hydrogen) atoms. The van der Waals surface area contributed by atoms with Gasteiger partial charge in [0, 0.05) is 30.2 Å². The van der Waals surface area contributed by atoms with Crippen molar-refractivity contribution < 1.29 is 9.53 Å². The second kappa shape index (κ2) is 9.30. The number of carbonyl (C=O) groups is 1. The molecule has 0 atom stereocenters. The Morgan fingerprint density at radius 1 is 1.27 bits per heavy atom. The molecule has 4 heterocycles. The number of carbonyl (C=O) groups excluding carboxylic acids is 1. The zero-order chi connectivity index (χ0) is 22.8. The molecular formula is C21H21ClN8O2S. The number of aromatic nitrogens is 5. The largest absolute Gasteiger partial charge is 0.446 e. The van der Waals surface area contributed by atoms with Crippen LogP contribution in [0.3, 0.4) is 0 Å². The predicted molar refractivity (Wildman–Crippen MR) is 128 cm³/mol. The van der Waals surface area contributed by atoms with E-state index in [4.69, 9.17) is 16.3 Å². The van der Waals surface area contributed by atoms with Gasteiger partial charge in [-0.05, 0) is 44.2 Å². The Labute approximate surface area is 198 Å². The Balaban J connectivity index is 1.25. The first-order valence-corrected chi connectivity index (χ1v) is 11.6. The maximum Gasteiger partial charge on any atom is 0.413 e. The van der Waals surface area contributed by atoms with E-state index in [9.17, 15) is 4.79 Å². The highest BCUT2D eigenvalue weighted by molar-refractivity contribution is 7.18. The SMILES string of the molecule is CN1CCC(OC(=O)Nc2cc(-c3nnc(Nc4ccc5[nH]ncc5c4Cl)s3)ccn2)CC1. The molecule has 1 aliphatic rings. The quantitative estimate of drug-likeness (QED) is 0.378. The first-order chi connectivity index (χ1) is 16.0. The number of nitrogens with zero attached hydrogens (tertiary/aromatic N) is 5. The molecule has 0 saturated carbocycles. The number of likely N-dealkylation sites (tertiary alicyclic amines) is 1. The summed E-state index contributed by atoms with van der Waals surface area (Å²) in [5, 5.41) is 23.9. The minimum absolute atomic E-state index is 0.0747. The Bertz CT molecular complexity index is 1280. The third-order valence-electron chi connectivity index (χ3n) is 5.40. The van der Waals surface area contributed by atoms with Gasteiger partial charge in [0.1, 0.15) is 16.9 Å². The number of piperidine rings is 1. The number of hydrogen-bond donors (Lipinski definition) is 3. The number of nitrogens with one attached hydrogen (secondary N) is 3. The normalized spacial score (nSPS) is 15.0. The lowest BCUT2D eigenvalue weighted by molar-refractivity contribution is 0.0661. The van der Waals surface area contributed by atoms with E-state index in [0.29, 0.717) is 26.7 Å². The van der Waals surface area contributed by atoms with Crippen molar-refractivity contribution in [1.82, 2.24) is 30.3 Å². The predicted octanol–water partition coefficient (Wildman–Crippen LogP) is 4.52. The molecule has 0 aliphatic carbocycles.